The third-order valence-corrected chi connectivity index (χ3v) is 2.49. The van der Waals surface area contributed by atoms with E-state index in [-0.39, 0.29) is 17.8 Å². The van der Waals surface area contributed by atoms with Crippen molar-refractivity contribution >= 4 is 5.91 Å². The first-order valence-corrected chi connectivity index (χ1v) is 4.87. The minimum Gasteiger partial charge on any atom is -0.508 e. The summed E-state index contributed by atoms with van der Waals surface area (Å²) < 4.78 is 5.51. The van der Waals surface area contributed by atoms with Gasteiger partial charge < -0.3 is 14.7 Å². The normalized spacial score (nSPS) is 20.7. The summed E-state index contributed by atoms with van der Waals surface area (Å²) in [7, 11) is 1.77. The fraction of sp³-hybridized carbons (Fsp3) is 0.364. The molecule has 0 bridgehead atoms. The zero-order valence-electron chi connectivity index (χ0n) is 8.51. The first kappa shape index (κ1) is 9.83. The second-order valence-corrected chi connectivity index (χ2v) is 3.65. The van der Waals surface area contributed by atoms with Gasteiger partial charge in [-0.25, -0.2) is 0 Å². The Bertz CT molecular complexity index is 361. The van der Waals surface area contributed by atoms with Crippen molar-refractivity contribution in [1.82, 2.24) is 4.90 Å². The number of likely N-dealkylation sites (N-methyl/N-ethyl adjacent to an activating group) is 1. The van der Waals surface area contributed by atoms with Gasteiger partial charge in [-0.3, -0.25) is 4.79 Å². The van der Waals surface area contributed by atoms with E-state index < -0.39 is 0 Å². The second-order valence-electron chi connectivity index (χ2n) is 3.65. The van der Waals surface area contributed by atoms with Gasteiger partial charge in [-0.15, -0.1) is 0 Å². The number of amides is 1. The number of hydrogen-bond acceptors (Lipinski definition) is 3. The first-order valence-electron chi connectivity index (χ1n) is 4.87. The Morgan fingerprint density at radius 2 is 2.07 bits per heavy atom. The number of nitrogens with zero attached hydrogens (tertiary/aromatic N) is 1. The molecule has 0 spiro atoms. The van der Waals surface area contributed by atoms with Crippen molar-refractivity contribution in [2.45, 2.75) is 12.5 Å². The van der Waals surface area contributed by atoms with Crippen LogP contribution in [0.2, 0.25) is 0 Å². The molecule has 1 aliphatic heterocycles. The molecule has 0 aliphatic carbocycles. The van der Waals surface area contributed by atoms with Crippen molar-refractivity contribution in [3.8, 4) is 11.5 Å². The highest BCUT2D eigenvalue weighted by Gasteiger charge is 2.30. The maximum absolute atomic E-state index is 11.5. The predicted molar refractivity (Wildman–Crippen MR) is 54.8 cm³/mol. The minimum absolute atomic E-state index is 0.0167. The lowest BCUT2D eigenvalue weighted by Crippen LogP contribution is -2.29. The lowest BCUT2D eigenvalue weighted by Gasteiger charge is -2.12. The van der Waals surface area contributed by atoms with Gasteiger partial charge in [-0.2, -0.15) is 0 Å². The second kappa shape index (κ2) is 3.81. The number of ether oxygens (including phenoxy) is 1. The molecule has 15 heavy (non-hydrogen) atoms. The summed E-state index contributed by atoms with van der Waals surface area (Å²) in [6.07, 6.45) is 0.343. The van der Waals surface area contributed by atoms with Gasteiger partial charge in [0.1, 0.15) is 11.5 Å². The van der Waals surface area contributed by atoms with Crippen LogP contribution in [0.1, 0.15) is 6.42 Å². The van der Waals surface area contributed by atoms with E-state index in [1.807, 2.05) is 0 Å². The summed E-state index contributed by atoms with van der Waals surface area (Å²) >= 11 is 0. The zero-order chi connectivity index (χ0) is 10.8. The number of benzene rings is 1. The molecule has 4 heteroatoms. The van der Waals surface area contributed by atoms with Gasteiger partial charge in [0.25, 0.3) is 5.91 Å². The van der Waals surface area contributed by atoms with Crippen molar-refractivity contribution in [3.05, 3.63) is 24.3 Å². The highest BCUT2D eigenvalue weighted by molar-refractivity contribution is 5.83. The van der Waals surface area contributed by atoms with E-state index in [0.717, 1.165) is 13.0 Å². The Kier molecular flexibility index (Phi) is 2.49. The Hall–Kier alpha value is -1.71. The van der Waals surface area contributed by atoms with Gasteiger partial charge in [-0.1, -0.05) is 0 Å². The average molecular weight is 207 g/mol. The van der Waals surface area contributed by atoms with Crippen LogP contribution in [0, 0.1) is 0 Å². The van der Waals surface area contributed by atoms with Crippen LogP contribution >= 0.6 is 0 Å². The molecule has 2 rings (SSSR count). The van der Waals surface area contributed by atoms with Crippen LogP contribution in [0.5, 0.6) is 11.5 Å². The van der Waals surface area contributed by atoms with Gasteiger partial charge in [-0.05, 0) is 24.3 Å². The van der Waals surface area contributed by atoms with E-state index in [4.69, 9.17) is 9.84 Å². The SMILES string of the molecule is CN1CCC(Oc2ccc(O)cc2)C1=O. The maximum atomic E-state index is 11.5. The van der Waals surface area contributed by atoms with E-state index in [1.54, 1.807) is 36.2 Å². The maximum Gasteiger partial charge on any atom is 0.263 e. The van der Waals surface area contributed by atoms with E-state index in [2.05, 4.69) is 0 Å². The molecule has 1 amide bonds. The third kappa shape index (κ3) is 2.03. The minimum atomic E-state index is -0.375. The standard InChI is InChI=1S/C11H13NO3/c1-12-7-6-10(11(12)14)15-9-4-2-8(13)3-5-9/h2-5,10,13H,6-7H2,1H3. The van der Waals surface area contributed by atoms with Crippen LogP contribution in [0.4, 0.5) is 0 Å². The van der Waals surface area contributed by atoms with Gasteiger partial charge in [0.2, 0.25) is 0 Å². The van der Waals surface area contributed by atoms with Crippen LogP contribution < -0.4 is 4.74 Å². The fourth-order valence-electron chi connectivity index (χ4n) is 1.59. The average Bonchev–Trinajstić information content (AvgIpc) is 2.53. The van der Waals surface area contributed by atoms with Crippen molar-refractivity contribution in [2.75, 3.05) is 13.6 Å². The van der Waals surface area contributed by atoms with Crippen molar-refractivity contribution < 1.29 is 14.6 Å². The van der Waals surface area contributed by atoms with Crippen LogP contribution in [-0.2, 0) is 4.79 Å². The third-order valence-electron chi connectivity index (χ3n) is 2.49. The number of aromatic hydroxyl groups is 1. The van der Waals surface area contributed by atoms with E-state index in [9.17, 15) is 4.79 Å². The Morgan fingerprint density at radius 3 is 2.60 bits per heavy atom. The summed E-state index contributed by atoms with van der Waals surface area (Å²) in [6, 6.07) is 6.39. The van der Waals surface area contributed by atoms with E-state index in [0.29, 0.717) is 5.75 Å². The molecule has 0 radical (unpaired) electrons. The molecule has 1 aromatic carbocycles. The number of likely N-dealkylation sites (tertiary alicyclic amines) is 1. The smallest absolute Gasteiger partial charge is 0.263 e. The molecule has 0 saturated carbocycles. The quantitative estimate of drug-likeness (QED) is 0.787. The summed E-state index contributed by atoms with van der Waals surface area (Å²) in [6.45, 7) is 0.738. The zero-order valence-corrected chi connectivity index (χ0v) is 8.51. The van der Waals surface area contributed by atoms with Crippen molar-refractivity contribution in [2.24, 2.45) is 0 Å². The van der Waals surface area contributed by atoms with Gasteiger partial charge in [0, 0.05) is 20.0 Å². The summed E-state index contributed by atoms with van der Waals surface area (Å²) in [5, 5.41) is 9.08. The number of phenols is 1. The van der Waals surface area contributed by atoms with Crippen LogP contribution in [0.25, 0.3) is 0 Å². The Labute approximate surface area is 88.1 Å². The van der Waals surface area contributed by atoms with Crippen LogP contribution in [0.15, 0.2) is 24.3 Å². The molecule has 80 valence electrons. The van der Waals surface area contributed by atoms with Crippen LogP contribution in [-0.4, -0.2) is 35.6 Å². The number of rotatable bonds is 2. The molecule has 1 atom stereocenters. The summed E-state index contributed by atoms with van der Waals surface area (Å²) in [5.41, 5.74) is 0. The summed E-state index contributed by atoms with van der Waals surface area (Å²) in [4.78, 5) is 13.2. The number of hydrogen-bond donors (Lipinski definition) is 1. The molecule has 1 saturated heterocycles. The molecule has 1 aromatic rings. The molecule has 1 heterocycles. The molecule has 1 unspecified atom stereocenters. The van der Waals surface area contributed by atoms with E-state index in [1.165, 1.54) is 0 Å². The first-order chi connectivity index (χ1) is 7.16. The van der Waals surface area contributed by atoms with E-state index >= 15 is 0 Å². The molecule has 4 nitrogen and oxygen atoms in total. The number of carbonyl (C=O) groups excluding carboxylic acids is 1. The van der Waals surface area contributed by atoms with Crippen molar-refractivity contribution in [3.63, 3.8) is 0 Å². The lowest BCUT2D eigenvalue weighted by atomic mass is 10.3. The Balaban J connectivity index is 2.03. The largest absolute Gasteiger partial charge is 0.508 e. The highest BCUT2D eigenvalue weighted by atomic mass is 16.5. The molecule has 1 fully saturated rings. The molecule has 1 N–H and O–H groups in total. The van der Waals surface area contributed by atoms with Gasteiger partial charge in [0.05, 0.1) is 0 Å². The molecule has 0 aromatic heterocycles. The summed E-state index contributed by atoms with van der Waals surface area (Å²) in [5.74, 6) is 0.821. The van der Waals surface area contributed by atoms with Gasteiger partial charge in [0.15, 0.2) is 6.10 Å². The number of carbonyl (C=O) groups is 1. The topological polar surface area (TPSA) is 49.8 Å². The monoisotopic (exact) mass is 207 g/mol. The lowest BCUT2D eigenvalue weighted by molar-refractivity contribution is -0.132. The number of phenolic OH excluding ortho intramolecular Hbond substituents is 1. The molecular formula is C11H13NO3. The predicted octanol–water partition coefficient (Wildman–Crippen LogP) is 1.00. The fourth-order valence-corrected chi connectivity index (χ4v) is 1.59. The Morgan fingerprint density at radius 1 is 1.40 bits per heavy atom. The van der Waals surface area contributed by atoms with Gasteiger partial charge >= 0.3 is 0 Å². The molecular weight excluding hydrogens is 194 g/mol. The van der Waals surface area contributed by atoms with Crippen molar-refractivity contribution in [1.29, 1.82) is 0 Å². The highest BCUT2D eigenvalue weighted by Crippen LogP contribution is 2.20. The molecule has 1 aliphatic rings. The van der Waals surface area contributed by atoms with Crippen LogP contribution in [0.3, 0.4) is 0 Å².